The highest BCUT2D eigenvalue weighted by Crippen LogP contribution is 2.07. The molecule has 2 rings (SSSR count). The number of hydrogen-bond donors (Lipinski definition) is 8. The van der Waals surface area contributed by atoms with Crippen LogP contribution in [0.4, 0.5) is 0 Å². The third-order valence-corrected chi connectivity index (χ3v) is 5.82. The molecule has 0 bridgehead atoms. The molecular formula is C25H35N7O7. The zero-order valence-electron chi connectivity index (χ0n) is 21.3. The quantitative estimate of drug-likeness (QED) is 0.109. The van der Waals surface area contributed by atoms with E-state index < -0.39 is 60.2 Å². The van der Waals surface area contributed by atoms with Crippen molar-refractivity contribution in [1.29, 1.82) is 0 Å². The summed E-state index contributed by atoms with van der Waals surface area (Å²) < 4.78 is 0. The first kappa shape index (κ1) is 30.9. The number of nitrogens with zero attached hydrogens (tertiary/aromatic N) is 1. The fourth-order valence-electron chi connectivity index (χ4n) is 3.75. The normalized spacial score (nSPS) is 13.9. The maximum Gasteiger partial charge on any atom is 0.326 e. The average molecular weight is 546 g/mol. The van der Waals surface area contributed by atoms with Crippen molar-refractivity contribution in [1.82, 2.24) is 25.9 Å². The zero-order valence-corrected chi connectivity index (χ0v) is 21.3. The standard InChI is InChI=1S/C25H35N7O7/c26-9-5-4-8-18(23(36)32-20(25(38)39)12-21(33)34)30-24(37)19(11-16-13-28-14-29-16)31-22(35)17(27)10-15-6-2-1-3-7-15/h1-3,6-7,13-14,17-20H,4-5,8-12,26-27H2,(H,28,29)(H,30,37)(H,31,35)(H,32,36)(H,33,34)(H,38,39). The van der Waals surface area contributed by atoms with Crippen molar-refractivity contribution < 1.29 is 34.2 Å². The number of aromatic amines is 1. The summed E-state index contributed by atoms with van der Waals surface area (Å²) in [6.45, 7) is 0.330. The van der Waals surface area contributed by atoms with Gasteiger partial charge in [0.1, 0.15) is 18.1 Å². The monoisotopic (exact) mass is 545 g/mol. The third kappa shape index (κ3) is 10.9. The van der Waals surface area contributed by atoms with Gasteiger partial charge in [-0.1, -0.05) is 30.3 Å². The van der Waals surface area contributed by atoms with Crippen LogP contribution in [0, 0.1) is 0 Å². The number of carbonyl (C=O) groups excluding carboxylic acids is 3. The second-order valence-corrected chi connectivity index (χ2v) is 8.98. The molecule has 14 nitrogen and oxygen atoms in total. The van der Waals surface area contributed by atoms with Crippen LogP contribution in [0.15, 0.2) is 42.9 Å². The van der Waals surface area contributed by atoms with Crippen molar-refractivity contribution in [2.24, 2.45) is 11.5 Å². The topological polar surface area (TPSA) is 243 Å². The Labute approximate surface area is 224 Å². The van der Waals surface area contributed by atoms with Crippen molar-refractivity contribution in [3.05, 3.63) is 54.1 Å². The number of carboxylic acid groups (broad SMARTS) is 2. The van der Waals surface area contributed by atoms with Gasteiger partial charge in [-0.3, -0.25) is 19.2 Å². The van der Waals surface area contributed by atoms with E-state index in [1.54, 1.807) is 0 Å². The number of H-pyrrole nitrogens is 1. The predicted octanol–water partition coefficient (Wildman–Crippen LogP) is -1.34. The minimum absolute atomic E-state index is 0.00351. The molecule has 10 N–H and O–H groups in total. The van der Waals surface area contributed by atoms with Gasteiger partial charge >= 0.3 is 11.9 Å². The Morgan fingerprint density at radius 1 is 0.872 bits per heavy atom. The number of nitrogens with one attached hydrogen (secondary N) is 4. The molecule has 1 aromatic heterocycles. The number of aromatic nitrogens is 2. The van der Waals surface area contributed by atoms with Crippen molar-refractivity contribution in [2.45, 2.75) is 62.7 Å². The number of nitrogens with two attached hydrogens (primary N) is 2. The molecule has 2 aromatic rings. The van der Waals surface area contributed by atoms with E-state index in [0.29, 0.717) is 25.1 Å². The Kier molecular flexibility index (Phi) is 12.6. The maximum absolute atomic E-state index is 13.3. The number of imidazole rings is 1. The lowest BCUT2D eigenvalue weighted by molar-refractivity contribution is -0.147. The smallest absolute Gasteiger partial charge is 0.326 e. The second kappa shape index (κ2) is 15.8. The van der Waals surface area contributed by atoms with Gasteiger partial charge < -0.3 is 42.6 Å². The summed E-state index contributed by atoms with van der Waals surface area (Å²) in [6, 6.07) is 4.09. The minimum atomic E-state index is -1.69. The van der Waals surface area contributed by atoms with E-state index in [1.807, 2.05) is 30.3 Å². The molecule has 1 heterocycles. The van der Waals surface area contributed by atoms with Crippen LogP contribution < -0.4 is 27.4 Å². The molecule has 0 saturated heterocycles. The molecule has 0 saturated carbocycles. The van der Waals surface area contributed by atoms with E-state index in [1.165, 1.54) is 12.5 Å². The van der Waals surface area contributed by atoms with E-state index in [0.717, 1.165) is 5.56 Å². The van der Waals surface area contributed by atoms with Crippen LogP contribution in [0.3, 0.4) is 0 Å². The lowest BCUT2D eigenvalue weighted by Crippen LogP contribution is -2.58. The van der Waals surface area contributed by atoms with Crippen molar-refractivity contribution >= 4 is 29.7 Å². The molecule has 14 heteroatoms. The molecule has 39 heavy (non-hydrogen) atoms. The fourth-order valence-corrected chi connectivity index (χ4v) is 3.75. The number of hydrogen-bond acceptors (Lipinski definition) is 8. The van der Waals surface area contributed by atoms with Gasteiger partial charge in [0.25, 0.3) is 0 Å². The van der Waals surface area contributed by atoms with Crippen LogP contribution in [-0.4, -0.2) is 80.6 Å². The van der Waals surface area contributed by atoms with E-state index >= 15 is 0 Å². The highest BCUT2D eigenvalue weighted by Gasteiger charge is 2.31. The molecule has 0 aliphatic rings. The Hall–Kier alpha value is -4.30. The Morgan fingerprint density at radius 3 is 2.10 bits per heavy atom. The Balaban J connectivity index is 2.17. The molecule has 0 aliphatic heterocycles. The number of amides is 3. The number of aliphatic carboxylic acids is 2. The first-order valence-corrected chi connectivity index (χ1v) is 12.4. The van der Waals surface area contributed by atoms with E-state index in [4.69, 9.17) is 16.6 Å². The van der Waals surface area contributed by atoms with Crippen molar-refractivity contribution in [3.8, 4) is 0 Å². The van der Waals surface area contributed by atoms with Crippen LogP contribution in [0.1, 0.15) is 36.9 Å². The van der Waals surface area contributed by atoms with Crippen LogP contribution in [-0.2, 0) is 36.8 Å². The number of carboxylic acids is 2. The summed E-state index contributed by atoms with van der Waals surface area (Å²) in [5.41, 5.74) is 13.0. The van der Waals surface area contributed by atoms with Gasteiger partial charge in [-0.15, -0.1) is 0 Å². The predicted molar refractivity (Wildman–Crippen MR) is 139 cm³/mol. The molecule has 0 fully saturated rings. The molecule has 1 aromatic carbocycles. The van der Waals surface area contributed by atoms with Crippen LogP contribution in [0.2, 0.25) is 0 Å². The highest BCUT2D eigenvalue weighted by molar-refractivity contribution is 5.94. The molecule has 4 atom stereocenters. The SMILES string of the molecule is NCCCCC(NC(=O)C(Cc1cnc[nH]1)NC(=O)C(N)Cc1ccccc1)C(=O)NC(CC(=O)O)C(=O)O. The minimum Gasteiger partial charge on any atom is -0.481 e. The fraction of sp³-hybridized carbons (Fsp3) is 0.440. The van der Waals surface area contributed by atoms with Crippen LogP contribution in [0.25, 0.3) is 0 Å². The van der Waals surface area contributed by atoms with Crippen molar-refractivity contribution in [3.63, 3.8) is 0 Å². The molecule has 3 amide bonds. The van der Waals surface area contributed by atoms with E-state index in [-0.39, 0.29) is 19.3 Å². The van der Waals surface area contributed by atoms with Gasteiger partial charge in [-0.05, 0) is 37.8 Å². The first-order chi connectivity index (χ1) is 18.6. The molecular weight excluding hydrogens is 510 g/mol. The van der Waals surface area contributed by atoms with Gasteiger partial charge in [0.2, 0.25) is 17.7 Å². The molecule has 0 radical (unpaired) electrons. The summed E-state index contributed by atoms with van der Waals surface area (Å²) in [6.07, 6.45) is 3.33. The van der Waals surface area contributed by atoms with E-state index in [9.17, 15) is 29.1 Å². The Bertz CT molecular complexity index is 1100. The lowest BCUT2D eigenvalue weighted by Gasteiger charge is -2.25. The van der Waals surface area contributed by atoms with Gasteiger partial charge in [-0.25, -0.2) is 9.78 Å². The second-order valence-electron chi connectivity index (χ2n) is 8.98. The summed E-state index contributed by atoms with van der Waals surface area (Å²) in [5.74, 6) is -5.13. The molecule has 0 aliphatic carbocycles. The number of unbranched alkanes of at least 4 members (excludes halogenated alkanes) is 1. The maximum atomic E-state index is 13.3. The summed E-state index contributed by atoms with van der Waals surface area (Å²) in [4.78, 5) is 68.3. The van der Waals surface area contributed by atoms with Crippen LogP contribution >= 0.6 is 0 Å². The van der Waals surface area contributed by atoms with Gasteiger partial charge in [0, 0.05) is 18.3 Å². The third-order valence-electron chi connectivity index (χ3n) is 5.82. The Morgan fingerprint density at radius 2 is 1.51 bits per heavy atom. The number of rotatable bonds is 17. The summed E-state index contributed by atoms with van der Waals surface area (Å²) in [7, 11) is 0. The van der Waals surface area contributed by atoms with Crippen LogP contribution in [0.5, 0.6) is 0 Å². The van der Waals surface area contributed by atoms with Gasteiger partial charge in [-0.2, -0.15) is 0 Å². The molecule has 212 valence electrons. The number of benzene rings is 1. The highest BCUT2D eigenvalue weighted by atomic mass is 16.4. The lowest BCUT2D eigenvalue weighted by atomic mass is 10.0. The average Bonchev–Trinajstić information content (AvgIpc) is 3.40. The van der Waals surface area contributed by atoms with E-state index in [2.05, 4.69) is 25.9 Å². The van der Waals surface area contributed by atoms with Gasteiger partial charge in [0.05, 0.1) is 18.8 Å². The van der Waals surface area contributed by atoms with Crippen molar-refractivity contribution in [2.75, 3.05) is 6.54 Å². The molecule has 0 spiro atoms. The molecule has 4 unspecified atom stereocenters. The number of carbonyl (C=O) groups is 5. The van der Waals surface area contributed by atoms with Gasteiger partial charge in [0.15, 0.2) is 0 Å². The largest absolute Gasteiger partial charge is 0.481 e. The zero-order chi connectivity index (χ0) is 28.8. The summed E-state index contributed by atoms with van der Waals surface area (Å²) >= 11 is 0. The summed E-state index contributed by atoms with van der Waals surface area (Å²) in [5, 5.41) is 25.6. The first-order valence-electron chi connectivity index (χ1n) is 12.4.